The van der Waals surface area contributed by atoms with Gasteiger partial charge >= 0.3 is 0 Å². The van der Waals surface area contributed by atoms with Gasteiger partial charge in [0, 0.05) is 30.7 Å². The molecule has 2 aromatic heterocycles. The van der Waals surface area contributed by atoms with Crippen LogP contribution in [-0.4, -0.2) is 37.2 Å². The van der Waals surface area contributed by atoms with E-state index < -0.39 is 0 Å². The van der Waals surface area contributed by atoms with Gasteiger partial charge in [0.25, 0.3) is 0 Å². The molecule has 0 bridgehead atoms. The lowest BCUT2D eigenvalue weighted by molar-refractivity contribution is -0.120. The molecule has 22 heavy (non-hydrogen) atoms. The largest absolute Gasteiger partial charge is 0.378 e. The van der Waals surface area contributed by atoms with E-state index in [0.29, 0.717) is 13.0 Å². The first-order chi connectivity index (χ1) is 10.8. The van der Waals surface area contributed by atoms with E-state index in [1.165, 1.54) is 0 Å². The summed E-state index contributed by atoms with van der Waals surface area (Å²) in [5.41, 5.74) is 1.01. The summed E-state index contributed by atoms with van der Waals surface area (Å²) in [5, 5.41) is 4.91. The molecule has 1 N–H and O–H groups in total. The third-order valence-electron chi connectivity index (χ3n) is 3.55. The Morgan fingerprint density at radius 2 is 2.18 bits per heavy atom. The van der Waals surface area contributed by atoms with Gasteiger partial charge in [-0.2, -0.15) is 0 Å². The van der Waals surface area contributed by atoms with Crippen molar-refractivity contribution in [1.29, 1.82) is 0 Å². The van der Waals surface area contributed by atoms with Gasteiger partial charge in [-0.25, -0.2) is 4.98 Å². The first kappa shape index (κ1) is 15.0. The van der Waals surface area contributed by atoms with Crippen molar-refractivity contribution >= 4 is 23.1 Å². The van der Waals surface area contributed by atoms with Crippen LogP contribution in [0.5, 0.6) is 0 Å². The van der Waals surface area contributed by atoms with E-state index in [2.05, 4.69) is 15.2 Å². The van der Waals surface area contributed by atoms with E-state index in [4.69, 9.17) is 4.74 Å². The Balaban J connectivity index is 1.49. The van der Waals surface area contributed by atoms with Gasteiger partial charge in [0.05, 0.1) is 19.6 Å². The lowest BCUT2D eigenvalue weighted by atomic mass is 10.2. The Bertz CT molecular complexity index is 592. The van der Waals surface area contributed by atoms with Crippen molar-refractivity contribution < 1.29 is 9.53 Å². The van der Waals surface area contributed by atoms with Gasteiger partial charge in [0.1, 0.15) is 5.82 Å². The van der Waals surface area contributed by atoms with E-state index in [1.54, 1.807) is 11.3 Å². The summed E-state index contributed by atoms with van der Waals surface area (Å²) in [6.45, 7) is 3.78. The molecule has 0 atom stereocenters. The number of aromatic nitrogens is 1. The smallest absolute Gasteiger partial charge is 0.225 e. The van der Waals surface area contributed by atoms with Crippen molar-refractivity contribution in [3.63, 3.8) is 0 Å². The molecular formula is C16H19N3O2S. The molecule has 0 unspecified atom stereocenters. The third kappa shape index (κ3) is 4.05. The average Bonchev–Trinajstić information content (AvgIpc) is 3.07. The van der Waals surface area contributed by atoms with Gasteiger partial charge in [-0.15, -0.1) is 11.3 Å². The average molecular weight is 317 g/mol. The normalized spacial score (nSPS) is 14.8. The number of anilines is 1. The number of carbonyl (C=O) groups is 1. The molecule has 0 aliphatic carbocycles. The number of pyridine rings is 1. The van der Waals surface area contributed by atoms with Crippen LogP contribution in [0.3, 0.4) is 0 Å². The molecule has 116 valence electrons. The molecule has 1 aliphatic rings. The van der Waals surface area contributed by atoms with Gasteiger partial charge in [-0.1, -0.05) is 12.1 Å². The SMILES string of the molecule is O=C(Cc1cccs1)NCc1ccc(N2CCOCC2)nc1. The second-order valence-electron chi connectivity index (χ2n) is 5.16. The molecule has 2 aromatic rings. The molecule has 3 rings (SSSR count). The summed E-state index contributed by atoms with van der Waals surface area (Å²) in [4.78, 5) is 19.6. The highest BCUT2D eigenvalue weighted by atomic mass is 32.1. The number of amides is 1. The Kier molecular flexibility index (Phi) is 5.03. The highest BCUT2D eigenvalue weighted by Crippen LogP contribution is 2.13. The number of rotatable bonds is 5. The fraction of sp³-hybridized carbons (Fsp3) is 0.375. The number of ether oxygens (including phenoxy) is 1. The topological polar surface area (TPSA) is 54.5 Å². The van der Waals surface area contributed by atoms with E-state index in [0.717, 1.165) is 42.6 Å². The van der Waals surface area contributed by atoms with Gasteiger partial charge in [-0.3, -0.25) is 4.79 Å². The van der Waals surface area contributed by atoms with Gasteiger partial charge in [0.2, 0.25) is 5.91 Å². The zero-order valence-electron chi connectivity index (χ0n) is 12.3. The van der Waals surface area contributed by atoms with Crippen LogP contribution in [0.15, 0.2) is 35.8 Å². The molecule has 1 fully saturated rings. The summed E-state index contributed by atoms with van der Waals surface area (Å²) in [6.07, 6.45) is 2.27. The van der Waals surface area contributed by atoms with E-state index in [1.807, 2.05) is 35.8 Å². The Hall–Kier alpha value is -1.92. The zero-order valence-corrected chi connectivity index (χ0v) is 13.1. The van der Waals surface area contributed by atoms with Gasteiger partial charge < -0.3 is 15.0 Å². The molecule has 3 heterocycles. The molecule has 6 heteroatoms. The second kappa shape index (κ2) is 7.38. The first-order valence-corrected chi connectivity index (χ1v) is 8.26. The minimum atomic E-state index is 0.0414. The number of morpholine rings is 1. The highest BCUT2D eigenvalue weighted by molar-refractivity contribution is 7.10. The summed E-state index contributed by atoms with van der Waals surface area (Å²) < 4.78 is 5.34. The van der Waals surface area contributed by atoms with Crippen molar-refractivity contribution in [2.75, 3.05) is 31.2 Å². The number of thiophene rings is 1. The fourth-order valence-corrected chi connectivity index (χ4v) is 3.04. The minimum absolute atomic E-state index is 0.0414. The summed E-state index contributed by atoms with van der Waals surface area (Å²) in [5.74, 6) is 1.01. The second-order valence-corrected chi connectivity index (χ2v) is 6.19. The van der Waals surface area contributed by atoms with Crippen molar-refractivity contribution in [3.05, 3.63) is 46.3 Å². The number of hydrogen-bond donors (Lipinski definition) is 1. The molecule has 0 aromatic carbocycles. The lowest BCUT2D eigenvalue weighted by Crippen LogP contribution is -2.36. The van der Waals surface area contributed by atoms with Crippen LogP contribution in [0.4, 0.5) is 5.82 Å². The number of nitrogens with one attached hydrogen (secondary N) is 1. The van der Waals surface area contributed by atoms with Crippen LogP contribution in [-0.2, 0) is 22.5 Å². The molecule has 1 saturated heterocycles. The predicted octanol–water partition coefficient (Wildman–Crippen LogP) is 1.84. The lowest BCUT2D eigenvalue weighted by Gasteiger charge is -2.27. The van der Waals surface area contributed by atoms with Crippen molar-refractivity contribution in [2.24, 2.45) is 0 Å². The molecule has 1 aliphatic heterocycles. The van der Waals surface area contributed by atoms with E-state index >= 15 is 0 Å². The number of hydrogen-bond acceptors (Lipinski definition) is 5. The van der Waals surface area contributed by atoms with Gasteiger partial charge in [-0.05, 0) is 23.1 Å². The summed E-state index contributed by atoms with van der Waals surface area (Å²) in [6, 6.07) is 7.96. The van der Waals surface area contributed by atoms with Crippen molar-refractivity contribution in [2.45, 2.75) is 13.0 Å². The van der Waals surface area contributed by atoms with E-state index in [9.17, 15) is 4.79 Å². The molecule has 0 saturated carbocycles. The van der Waals surface area contributed by atoms with Crippen LogP contribution in [0.2, 0.25) is 0 Å². The van der Waals surface area contributed by atoms with Crippen LogP contribution in [0.1, 0.15) is 10.4 Å². The van der Waals surface area contributed by atoms with Crippen LogP contribution in [0.25, 0.3) is 0 Å². The molecule has 1 amide bonds. The van der Waals surface area contributed by atoms with Gasteiger partial charge in [0.15, 0.2) is 0 Å². The maximum Gasteiger partial charge on any atom is 0.225 e. The monoisotopic (exact) mass is 317 g/mol. The van der Waals surface area contributed by atoms with Crippen molar-refractivity contribution in [3.8, 4) is 0 Å². The molecule has 5 nitrogen and oxygen atoms in total. The fourth-order valence-electron chi connectivity index (χ4n) is 2.34. The van der Waals surface area contributed by atoms with E-state index in [-0.39, 0.29) is 5.91 Å². The molecule has 0 radical (unpaired) electrons. The minimum Gasteiger partial charge on any atom is -0.378 e. The molecule has 0 spiro atoms. The van der Waals surface area contributed by atoms with Crippen molar-refractivity contribution in [1.82, 2.24) is 10.3 Å². The number of carbonyl (C=O) groups excluding carboxylic acids is 1. The predicted molar refractivity (Wildman–Crippen MR) is 87.1 cm³/mol. The Morgan fingerprint density at radius 3 is 2.86 bits per heavy atom. The summed E-state index contributed by atoms with van der Waals surface area (Å²) >= 11 is 1.60. The standard InChI is InChI=1S/C16H19N3O2S/c20-16(10-14-2-1-9-22-14)18-12-13-3-4-15(17-11-13)19-5-7-21-8-6-19/h1-4,9,11H,5-8,10,12H2,(H,18,20). The quantitative estimate of drug-likeness (QED) is 0.914. The first-order valence-electron chi connectivity index (χ1n) is 7.38. The maximum absolute atomic E-state index is 11.9. The Morgan fingerprint density at radius 1 is 1.32 bits per heavy atom. The highest BCUT2D eigenvalue weighted by Gasteiger charge is 2.12. The number of nitrogens with zero attached hydrogens (tertiary/aromatic N) is 2. The molecular weight excluding hydrogens is 298 g/mol. The zero-order chi connectivity index (χ0) is 15.2. The van der Waals surface area contributed by atoms with Crippen LogP contribution >= 0.6 is 11.3 Å². The van der Waals surface area contributed by atoms with Crippen LogP contribution in [0, 0.1) is 0 Å². The third-order valence-corrected chi connectivity index (χ3v) is 4.43. The van der Waals surface area contributed by atoms with Crippen LogP contribution < -0.4 is 10.2 Å². The maximum atomic E-state index is 11.9. The summed E-state index contributed by atoms with van der Waals surface area (Å²) in [7, 11) is 0. The Labute approximate surface area is 133 Å².